The number of hydrogen-bond acceptors (Lipinski definition) is 3. The van der Waals surface area contributed by atoms with Crippen LogP contribution in [-0.2, 0) is 11.2 Å². The number of rotatable bonds is 6. The van der Waals surface area contributed by atoms with Gasteiger partial charge < -0.3 is 9.32 Å². The minimum absolute atomic E-state index is 0.0555. The minimum atomic E-state index is -0.349. The fourth-order valence-corrected chi connectivity index (χ4v) is 2.12. The first-order valence-corrected chi connectivity index (χ1v) is 7.48. The van der Waals surface area contributed by atoms with Gasteiger partial charge in [-0.2, -0.15) is 0 Å². The van der Waals surface area contributed by atoms with Crippen molar-refractivity contribution in [3.05, 3.63) is 42.2 Å². The molecule has 2 rings (SSSR count). The summed E-state index contributed by atoms with van der Waals surface area (Å²) in [5.74, 6) is 0.540. The lowest BCUT2D eigenvalue weighted by atomic mass is 10.2. The molecule has 0 N–H and O–H groups in total. The smallest absolute Gasteiger partial charge is 0.223 e. The van der Waals surface area contributed by atoms with Gasteiger partial charge in [-0.1, -0.05) is 19.1 Å². The molecule has 1 aromatic heterocycles. The molecular weight excluding hydrogens is 283 g/mol. The first-order valence-electron chi connectivity index (χ1n) is 7.48. The summed E-state index contributed by atoms with van der Waals surface area (Å²) in [6.45, 7) is 4.06. The lowest BCUT2D eigenvalue weighted by Gasteiger charge is -2.23. The molecular formula is C17H21FN2O2. The first-order chi connectivity index (χ1) is 10.5. The van der Waals surface area contributed by atoms with E-state index in [1.165, 1.54) is 12.3 Å². The van der Waals surface area contributed by atoms with E-state index in [9.17, 15) is 9.18 Å². The molecule has 0 aliphatic heterocycles. The highest BCUT2D eigenvalue weighted by molar-refractivity contribution is 5.76. The molecule has 118 valence electrons. The third-order valence-electron chi connectivity index (χ3n) is 3.89. The van der Waals surface area contributed by atoms with E-state index in [1.807, 2.05) is 13.8 Å². The predicted molar refractivity (Wildman–Crippen MR) is 82.7 cm³/mol. The van der Waals surface area contributed by atoms with Gasteiger partial charge in [0.2, 0.25) is 5.91 Å². The van der Waals surface area contributed by atoms with Gasteiger partial charge in [-0.05, 0) is 25.5 Å². The van der Waals surface area contributed by atoms with Crippen LogP contribution >= 0.6 is 0 Å². The predicted octanol–water partition coefficient (Wildman–Crippen LogP) is 3.67. The van der Waals surface area contributed by atoms with Crippen LogP contribution < -0.4 is 0 Å². The van der Waals surface area contributed by atoms with E-state index >= 15 is 0 Å². The average molecular weight is 304 g/mol. The molecule has 1 atom stereocenters. The molecule has 4 nitrogen and oxygen atoms in total. The number of benzene rings is 1. The van der Waals surface area contributed by atoms with E-state index < -0.39 is 0 Å². The summed E-state index contributed by atoms with van der Waals surface area (Å²) in [6.07, 6.45) is 3.15. The summed E-state index contributed by atoms with van der Waals surface area (Å²) in [5, 5.41) is 0. The molecule has 1 amide bonds. The van der Waals surface area contributed by atoms with Crippen LogP contribution in [0.2, 0.25) is 0 Å². The molecule has 22 heavy (non-hydrogen) atoms. The van der Waals surface area contributed by atoms with E-state index in [-0.39, 0.29) is 17.8 Å². The fraction of sp³-hybridized carbons (Fsp3) is 0.412. The molecule has 1 aromatic carbocycles. The summed E-state index contributed by atoms with van der Waals surface area (Å²) in [4.78, 5) is 17.9. The number of halogens is 1. The van der Waals surface area contributed by atoms with Gasteiger partial charge in [-0.15, -0.1) is 0 Å². The molecule has 0 aliphatic rings. The van der Waals surface area contributed by atoms with Crippen LogP contribution in [-0.4, -0.2) is 28.9 Å². The Morgan fingerprint density at radius 3 is 2.82 bits per heavy atom. The number of hydrogen-bond donors (Lipinski definition) is 0. The molecule has 0 radical (unpaired) electrons. The third kappa shape index (κ3) is 3.72. The van der Waals surface area contributed by atoms with E-state index in [1.54, 1.807) is 30.1 Å². The van der Waals surface area contributed by atoms with Gasteiger partial charge in [0.25, 0.3) is 0 Å². The second-order valence-electron chi connectivity index (χ2n) is 5.36. The summed E-state index contributed by atoms with van der Waals surface area (Å²) in [7, 11) is 1.80. The average Bonchev–Trinajstić information content (AvgIpc) is 3.00. The van der Waals surface area contributed by atoms with E-state index in [2.05, 4.69) is 4.98 Å². The van der Waals surface area contributed by atoms with Gasteiger partial charge in [-0.3, -0.25) is 4.79 Å². The summed E-state index contributed by atoms with van der Waals surface area (Å²) in [5.41, 5.74) is 0.379. The summed E-state index contributed by atoms with van der Waals surface area (Å²) < 4.78 is 19.2. The number of carbonyl (C=O) groups is 1. The number of aromatic nitrogens is 1. The zero-order valence-corrected chi connectivity index (χ0v) is 13.2. The zero-order valence-electron chi connectivity index (χ0n) is 13.2. The monoisotopic (exact) mass is 304 g/mol. The van der Waals surface area contributed by atoms with Crippen LogP contribution in [0.3, 0.4) is 0 Å². The van der Waals surface area contributed by atoms with Crippen molar-refractivity contribution in [1.29, 1.82) is 0 Å². The van der Waals surface area contributed by atoms with Crippen molar-refractivity contribution in [3.63, 3.8) is 0 Å². The maximum Gasteiger partial charge on any atom is 0.223 e. The van der Waals surface area contributed by atoms with Crippen molar-refractivity contribution in [1.82, 2.24) is 9.88 Å². The van der Waals surface area contributed by atoms with Gasteiger partial charge in [0, 0.05) is 25.9 Å². The SMILES string of the molecule is CCC(C)N(C)C(=O)CCc1ncc(-c2ccccc2F)o1. The van der Waals surface area contributed by atoms with Gasteiger partial charge in [0.15, 0.2) is 11.7 Å². The Morgan fingerprint density at radius 1 is 1.41 bits per heavy atom. The number of nitrogens with zero attached hydrogens (tertiary/aromatic N) is 2. The summed E-state index contributed by atoms with van der Waals surface area (Å²) in [6, 6.07) is 6.60. The van der Waals surface area contributed by atoms with E-state index in [0.29, 0.717) is 30.1 Å². The molecule has 0 saturated heterocycles. The highest BCUT2D eigenvalue weighted by Gasteiger charge is 2.16. The third-order valence-corrected chi connectivity index (χ3v) is 3.89. The minimum Gasteiger partial charge on any atom is -0.441 e. The standard InChI is InChI=1S/C17H21FN2O2/c1-4-12(2)20(3)17(21)10-9-16-19-11-15(22-16)13-7-5-6-8-14(13)18/h5-8,11-12H,4,9-10H2,1-3H3. The lowest BCUT2D eigenvalue weighted by molar-refractivity contribution is -0.131. The lowest BCUT2D eigenvalue weighted by Crippen LogP contribution is -2.34. The number of aryl methyl sites for hydroxylation is 1. The van der Waals surface area contributed by atoms with Gasteiger partial charge in [-0.25, -0.2) is 9.37 Å². The highest BCUT2D eigenvalue weighted by atomic mass is 19.1. The molecule has 1 unspecified atom stereocenters. The number of amides is 1. The van der Waals surface area contributed by atoms with Crippen molar-refractivity contribution < 1.29 is 13.6 Å². The molecule has 0 bridgehead atoms. The van der Waals surface area contributed by atoms with E-state index in [0.717, 1.165) is 6.42 Å². The molecule has 0 fully saturated rings. The van der Waals surface area contributed by atoms with Crippen molar-refractivity contribution in [2.75, 3.05) is 7.05 Å². The summed E-state index contributed by atoms with van der Waals surface area (Å²) >= 11 is 0. The molecule has 5 heteroatoms. The Balaban J connectivity index is 1.99. The quantitative estimate of drug-likeness (QED) is 0.818. The van der Waals surface area contributed by atoms with Crippen LogP contribution in [0.15, 0.2) is 34.9 Å². The van der Waals surface area contributed by atoms with E-state index in [4.69, 9.17) is 4.42 Å². The Kier molecular flexibility index (Phi) is 5.31. The maximum atomic E-state index is 13.7. The Bertz CT molecular complexity index is 639. The van der Waals surface area contributed by atoms with Crippen LogP contribution in [0.4, 0.5) is 4.39 Å². The topological polar surface area (TPSA) is 46.3 Å². The fourth-order valence-electron chi connectivity index (χ4n) is 2.12. The van der Waals surface area contributed by atoms with Crippen LogP contribution in [0, 0.1) is 5.82 Å². The Hall–Kier alpha value is -2.17. The van der Waals surface area contributed by atoms with Gasteiger partial charge in [0.1, 0.15) is 5.82 Å². The largest absolute Gasteiger partial charge is 0.441 e. The van der Waals surface area contributed by atoms with Crippen molar-refractivity contribution in [2.45, 2.75) is 39.2 Å². The molecule has 0 aliphatic carbocycles. The Morgan fingerprint density at radius 2 is 2.14 bits per heavy atom. The van der Waals surface area contributed by atoms with Crippen LogP contribution in [0.25, 0.3) is 11.3 Å². The number of carbonyl (C=O) groups excluding carboxylic acids is 1. The molecule has 0 spiro atoms. The zero-order chi connectivity index (χ0) is 16.1. The maximum absolute atomic E-state index is 13.7. The molecule has 2 aromatic rings. The van der Waals surface area contributed by atoms with Crippen LogP contribution in [0.5, 0.6) is 0 Å². The molecule has 0 saturated carbocycles. The van der Waals surface area contributed by atoms with Crippen LogP contribution in [0.1, 0.15) is 32.6 Å². The molecule has 1 heterocycles. The van der Waals surface area contributed by atoms with Gasteiger partial charge >= 0.3 is 0 Å². The Labute approximate surface area is 130 Å². The second-order valence-corrected chi connectivity index (χ2v) is 5.36. The van der Waals surface area contributed by atoms with Crippen molar-refractivity contribution >= 4 is 5.91 Å². The second kappa shape index (κ2) is 7.20. The van der Waals surface area contributed by atoms with Gasteiger partial charge in [0.05, 0.1) is 11.8 Å². The highest BCUT2D eigenvalue weighted by Crippen LogP contribution is 2.23. The number of oxazole rings is 1. The van der Waals surface area contributed by atoms with Crippen molar-refractivity contribution in [3.8, 4) is 11.3 Å². The van der Waals surface area contributed by atoms with Crippen molar-refractivity contribution in [2.24, 2.45) is 0 Å². The normalized spacial score (nSPS) is 12.2. The first kappa shape index (κ1) is 16.2.